The first-order valence-electron chi connectivity index (χ1n) is 13.2. The Morgan fingerprint density at radius 3 is 2.62 bits per heavy atom. The highest BCUT2D eigenvalue weighted by Gasteiger charge is 2.30. The van der Waals surface area contributed by atoms with Gasteiger partial charge in [-0.2, -0.15) is 0 Å². The van der Waals surface area contributed by atoms with Crippen molar-refractivity contribution in [3.8, 4) is 17.3 Å². The standard InChI is InChI=1S/C27H31N5O6S2/c1-30-23-19(9-16(11-21(23)37-2)25(33)31-8-4-5-18(14-31)38-27(28)34)29-24(30)20-10-17-12-22(40(3,35)36)39-26(17)32(20)13-15-6-7-15/h9-12,15,18H,4-8,13-14H2,1-3H3,(H2,28,34). The molecule has 212 valence electrons. The van der Waals surface area contributed by atoms with Gasteiger partial charge in [0.15, 0.2) is 15.7 Å². The average Bonchev–Trinajstić information content (AvgIpc) is 3.38. The quantitative estimate of drug-likeness (QED) is 0.348. The molecule has 13 heteroatoms. The van der Waals surface area contributed by atoms with Crippen LogP contribution in [-0.4, -0.2) is 72.0 Å². The van der Waals surface area contributed by atoms with E-state index in [9.17, 15) is 18.0 Å². The number of imidazole rings is 1. The summed E-state index contributed by atoms with van der Waals surface area (Å²) in [4.78, 5) is 32.3. The molecule has 4 aromatic rings. The van der Waals surface area contributed by atoms with Crippen LogP contribution in [-0.2, 0) is 28.2 Å². The molecule has 1 aromatic carbocycles. The highest BCUT2D eigenvalue weighted by Crippen LogP contribution is 2.41. The van der Waals surface area contributed by atoms with Crippen LogP contribution in [0, 0.1) is 5.92 Å². The molecule has 0 bridgehead atoms. The summed E-state index contributed by atoms with van der Waals surface area (Å²) in [6.45, 7) is 1.61. The van der Waals surface area contributed by atoms with Crippen molar-refractivity contribution in [2.75, 3.05) is 26.5 Å². The lowest BCUT2D eigenvalue weighted by Gasteiger charge is -2.32. The molecule has 1 atom stereocenters. The predicted molar refractivity (Wildman–Crippen MR) is 152 cm³/mol. The van der Waals surface area contributed by atoms with Crippen molar-refractivity contribution in [1.29, 1.82) is 0 Å². The Balaban J connectivity index is 1.41. The Labute approximate surface area is 235 Å². The molecule has 11 nitrogen and oxygen atoms in total. The zero-order chi connectivity index (χ0) is 28.3. The maximum absolute atomic E-state index is 13.5. The van der Waals surface area contributed by atoms with Crippen molar-refractivity contribution < 1.29 is 27.5 Å². The number of hydrogen-bond donors (Lipinski definition) is 1. The fourth-order valence-corrected chi connectivity index (χ4v) is 7.59. The smallest absolute Gasteiger partial charge is 0.404 e. The van der Waals surface area contributed by atoms with E-state index >= 15 is 0 Å². The van der Waals surface area contributed by atoms with Gasteiger partial charge < -0.3 is 29.2 Å². The summed E-state index contributed by atoms with van der Waals surface area (Å²) in [5.41, 5.74) is 7.87. The van der Waals surface area contributed by atoms with E-state index in [0.29, 0.717) is 52.2 Å². The Morgan fingerprint density at radius 2 is 1.95 bits per heavy atom. The molecule has 3 aromatic heterocycles. The predicted octanol–water partition coefficient (Wildman–Crippen LogP) is 3.78. The number of hydrogen-bond acceptors (Lipinski definition) is 8. The van der Waals surface area contributed by atoms with Gasteiger partial charge in [-0.25, -0.2) is 18.2 Å². The molecule has 1 aliphatic carbocycles. The maximum atomic E-state index is 13.5. The summed E-state index contributed by atoms with van der Waals surface area (Å²) in [6.07, 6.45) is 3.60. The number of carbonyl (C=O) groups is 2. The lowest BCUT2D eigenvalue weighted by molar-refractivity contribution is 0.0373. The molecule has 0 spiro atoms. The minimum Gasteiger partial charge on any atom is -0.494 e. The molecular weight excluding hydrogens is 554 g/mol. The van der Waals surface area contributed by atoms with Gasteiger partial charge in [-0.1, -0.05) is 0 Å². The number of likely N-dealkylation sites (tertiary alicyclic amines) is 1. The van der Waals surface area contributed by atoms with Crippen molar-refractivity contribution in [2.24, 2.45) is 18.7 Å². The van der Waals surface area contributed by atoms with Crippen molar-refractivity contribution in [3.05, 3.63) is 29.8 Å². The van der Waals surface area contributed by atoms with Crippen molar-refractivity contribution in [2.45, 2.75) is 42.5 Å². The molecule has 4 heterocycles. The third-order valence-corrected chi connectivity index (χ3v) is 10.6. The van der Waals surface area contributed by atoms with Gasteiger partial charge >= 0.3 is 6.09 Å². The average molecular weight is 586 g/mol. The second kappa shape index (κ2) is 9.81. The van der Waals surface area contributed by atoms with Crippen LogP contribution in [0.15, 0.2) is 28.5 Å². The van der Waals surface area contributed by atoms with E-state index in [0.717, 1.165) is 40.8 Å². The first-order valence-corrected chi connectivity index (χ1v) is 15.9. The zero-order valence-electron chi connectivity index (χ0n) is 22.5. The Kier molecular flexibility index (Phi) is 6.53. The fraction of sp³-hybridized carbons (Fsp3) is 0.444. The van der Waals surface area contributed by atoms with Gasteiger partial charge in [-0.3, -0.25) is 4.79 Å². The molecule has 2 N–H and O–H groups in total. The number of aryl methyl sites for hydroxylation is 1. The third-order valence-electron chi connectivity index (χ3n) is 7.63. The lowest BCUT2D eigenvalue weighted by Crippen LogP contribution is -2.44. The number of amides is 2. The van der Waals surface area contributed by atoms with Crippen LogP contribution >= 0.6 is 11.3 Å². The molecule has 1 aliphatic heterocycles. The number of methoxy groups -OCH3 is 1. The highest BCUT2D eigenvalue weighted by atomic mass is 32.2. The van der Waals surface area contributed by atoms with E-state index in [1.54, 1.807) is 30.2 Å². The number of sulfone groups is 1. The van der Waals surface area contributed by atoms with Gasteiger partial charge in [0.2, 0.25) is 0 Å². The molecule has 0 radical (unpaired) electrons. The second-order valence-electron chi connectivity index (χ2n) is 10.7. The van der Waals surface area contributed by atoms with Gasteiger partial charge in [0.1, 0.15) is 26.4 Å². The molecule has 1 saturated carbocycles. The van der Waals surface area contributed by atoms with Crippen molar-refractivity contribution >= 4 is 54.4 Å². The SMILES string of the molecule is COc1cc(C(=O)N2CCCC(OC(N)=O)C2)cc2nc(-c3cc4cc(S(C)(=O)=O)sc4n3CC3CC3)n(C)c12. The molecule has 1 unspecified atom stereocenters. The molecule has 1 saturated heterocycles. The van der Waals surface area contributed by atoms with E-state index in [1.165, 1.54) is 17.6 Å². The van der Waals surface area contributed by atoms with E-state index in [1.807, 2.05) is 17.7 Å². The molecule has 2 fully saturated rings. The van der Waals surface area contributed by atoms with Crippen LogP contribution in [0.3, 0.4) is 0 Å². The highest BCUT2D eigenvalue weighted by molar-refractivity contribution is 7.92. The monoisotopic (exact) mass is 585 g/mol. The summed E-state index contributed by atoms with van der Waals surface area (Å²) in [6, 6.07) is 7.21. The van der Waals surface area contributed by atoms with Crippen molar-refractivity contribution in [1.82, 2.24) is 19.0 Å². The number of piperidine rings is 1. The minimum atomic E-state index is -3.31. The minimum absolute atomic E-state index is 0.198. The van der Waals surface area contributed by atoms with E-state index < -0.39 is 22.0 Å². The van der Waals surface area contributed by atoms with Crippen LogP contribution in [0.1, 0.15) is 36.0 Å². The summed E-state index contributed by atoms with van der Waals surface area (Å²) < 4.78 is 39.8. The summed E-state index contributed by atoms with van der Waals surface area (Å²) in [5, 5.41) is 0.869. The van der Waals surface area contributed by atoms with Gasteiger partial charge in [-0.05, 0) is 55.9 Å². The van der Waals surface area contributed by atoms with Gasteiger partial charge in [0.25, 0.3) is 5.91 Å². The van der Waals surface area contributed by atoms with E-state index in [4.69, 9.17) is 20.2 Å². The fourth-order valence-electron chi connectivity index (χ4n) is 5.51. The molecule has 40 heavy (non-hydrogen) atoms. The first kappa shape index (κ1) is 26.6. The van der Waals surface area contributed by atoms with Crippen LogP contribution in [0.4, 0.5) is 4.79 Å². The number of aromatic nitrogens is 3. The number of nitrogens with two attached hydrogens (primary N) is 1. The van der Waals surface area contributed by atoms with E-state index in [2.05, 4.69) is 4.57 Å². The van der Waals surface area contributed by atoms with Crippen molar-refractivity contribution in [3.63, 3.8) is 0 Å². The molecule has 2 amide bonds. The summed E-state index contributed by atoms with van der Waals surface area (Å²) in [5.74, 6) is 1.58. The summed E-state index contributed by atoms with van der Waals surface area (Å²) in [7, 11) is 0.164. The Bertz CT molecular complexity index is 1760. The van der Waals surface area contributed by atoms with Crippen LogP contribution < -0.4 is 10.5 Å². The van der Waals surface area contributed by atoms with Crippen LogP contribution in [0.25, 0.3) is 32.8 Å². The molecule has 6 rings (SSSR count). The maximum Gasteiger partial charge on any atom is 0.404 e. The first-order chi connectivity index (χ1) is 19.0. The normalized spacial score (nSPS) is 18.0. The number of carbonyl (C=O) groups excluding carboxylic acids is 2. The number of thiophene rings is 1. The topological polar surface area (TPSA) is 139 Å². The summed E-state index contributed by atoms with van der Waals surface area (Å²) >= 11 is 1.29. The number of fused-ring (bicyclic) bond motifs is 2. The van der Waals surface area contributed by atoms with Gasteiger partial charge in [0.05, 0.1) is 24.9 Å². The van der Waals surface area contributed by atoms with Gasteiger partial charge in [-0.15, -0.1) is 11.3 Å². The molecule has 2 aliphatic rings. The number of benzene rings is 1. The van der Waals surface area contributed by atoms with Gasteiger partial charge in [0, 0.05) is 37.3 Å². The van der Waals surface area contributed by atoms with E-state index in [-0.39, 0.29) is 12.5 Å². The third kappa shape index (κ3) is 4.81. The zero-order valence-corrected chi connectivity index (χ0v) is 24.2. The largest absolute Gasteiger partial charge is 0.494 e. The number of nitrogens with zero attached hydrogens (tertiary/aromatic N) is 4. The van der Waals surface area contributed by atoms with Crippen LogP contribution in [0.2, 0.25) is 0 Å². The lowest BCUT2D eigenvalue weighted by atomic mass is 10.1. The number of primary amides is 1. The van der Waals surface area contributed by atoms with Crippen LogP contribution in [0.5, 0.6) is 5.75 Å². The Morgan fingerprint density at radius 1 is 1.18 bits per heavy atom. The molecular formula is C27H31N5O6S2. The second-order valence-corrected chi connectivity index (χ2v) is 13.9. The Hall–Kier alpha value is -3.58. The number of ether oxygens (including phenoxy) is 2. The number of rotatable bonds is 7.